The lowest BCUT2D eigenvalue weighted by molar-refractivity contribution is -0.123. The molecule has 0 aliphatic rings. The molecule has 0 bridgehead atoms. The highest BCUT2D eigenvalue weighted by Crippen LogP contribution is 2.35. The zero-order chi connectivity index (χ0) is 20.1. The normalized spacial score (nSPS) is 11.0. The van der Waals surface area contributed by atoms with E-state index in [1.54, 1.807) is 30.3 Å². The molecular formula is C20H15Cl3N2O3. The number of benzene rings is 2. The standard InChI is InChI=1S/C20H15Cl3N2O3/c1-12-3-2-4-13(7-12)27-11-20(26)25-24-10-14-5-6-19(28-14)15-8-17(22)18(23)9-16(15)21/h2-10H,11H2,1H3,(H,25,26). The third-order valence-electron chi connectivity index (χ3n) is 3.64. The highest BCUT2D eigenvalue weighted by molar-refractivity contribution is 6.44. The number of nitrogens with one attached hydrogen (secondary N) is 1. The van der Waals surface area contributed by atoms with E-state index in [9.17, 15) is 4.79 Å². The molecule has 8 heteroatoms. The van der Waals surface area contributed by atoms with Gasteiger partial charge in [0.1, 0.15) is 17.3 Å². The Morgan fingerprint density at radius 2 is 1.89 bits per heavy atom. The van der Waals surface area contributed by atoms with E-state index in [4.69, 9.17) is 44.0 Å². The summed E-state index contributed by atoms with van der Waals surface area (Å²) in [5.74, 6) is 1.15. The monoisotopic (exact) mass is 436 g/mol. The van der Waals surface area contributed by atoms with Crippen LogP contribution in [0.5, 0.6) is 5.75 Å². The average Bonchev–Trinajstić information content (AvgIpc) is 3.12. The molecule has 0 aliphatic heterocycles. The Bertz CT molecular complexity index is 1030. The summed E-state index contributed by atoms with van der Waals surface area (Å²) in [7, 11) is 0. The summed E-state index contributed by atoms with van der Waals surface area (Å²) in [6.07, 6.45) is 1.37. The van der Waals surface area contributed by atoms with Gasteiger partial charge in [0.15, 0.2) is 6.61 Å². The van der Waals surface area contributed by atoms with Crippen molar-refractivity contribution in [3.63, 3.8) is 0 Å². The molecule has 1 heterocycles. The van der Waals surface area contributed by atoms with Crippen molar-refractivity contribution in [2.45, 2.75) is 6.92 Å². The largest absolute Gasteiger partial charge is 0.484 e. The summed E-state index contributed by atoms with van der Waals surface area (Å²) in [6, 6.07) is 14.0. The zero-order valence-corrected chi connectivity index (χ0v) is 17.0. The molecule has 0 unspecified atom stereocenters. The van der Waals surface area contributed by atoms with Crippen LogP contribution < -0.4 is 10.2 Å². The van der Waals surface area contributed by atoms with Gasteiger partial charge in [0.2, 0.25) is 0 Å². The van der Waals surface area contributed by atoms with Gasteiger partial charge in [-0.3, -0.25) is 4.79 Å². The van der Waals surface area contributed by atoms with Crippen LogP contribution in [-0.4, -0.2) is 18.7 Å². The molecule has 3 aromatic rings. The molecule has 2 aromatic carbocycles. The second kappa shape index (κ2) is 9.15. The van der Waals surface area contributed by atoms with Crippen molar-refractivity contribution in [3.05, 3.63) is 74.9 Å². The Hall–Kier alpha value is -2.47. The van der Waals surface area contributed by atoms with E-state index in [1.807, 2.05) is 25.1 Å². The van der Waals surface area contributed by atoms with Crippen molar-refractivity contribution >= 4 is 46.9 Å². The maximum Gasteiger partial charge on any atom is 0.277 e. The first kappa shape index (κ1) is 20.3. The van der Waals surface area contributed by atoms with E-state index in [1.165, 1.54) is 6.21 Å². The molecule has 0 aliphatic carbocycles. The highest BCUT2D eigenvalue weighted by atomic mass is 35.5. The zero-order valence-electron chi connectivity index (χ0n) is 14.7. The first-order chi connectivity index (χ1) is 13.4. The second-order valence-corrected chi connectivity index (χ2v) is 7.07. The number of amides is 1. The van der Waals surface area contributed by atoms with Crippen molar-refractivity contribution in [1.82, 2.24) is 5.43 Å². The number of furan rings is 1. The average molecular weight is 438 g/mol. The molecule has 144 valence electrons. The van der Waals surface area contributed by atoms with E-state index >= 15 is 0 Å². The third-order valence-corrected chi connectivity index (χ3v) is 4.68. The molecule has 0 saturated heterocycles. The van der Waals surface area contributed by atoms with E-state index in [0.29, 0.717) is 37.9 Å². The SMILES string of the molecule is Cc1cccc(OCC(=O)NN=Cc2ccc(-c3cc(Cl)c(Cl)cc3Cl)o2)c1. The van der Waals surface area contributed by atoms with Crippen LogP contribution in [0, 0.1) is 6.92 Å². The summed E-state index contributed by atoms with van der Waals surface area (Å²) >= 11 is 18.1. The van der Waals surface area contributed by atoms with Crippen LogP contribution in [-0.2, 0) is 4.79 Å². The maximum absolute atomic E-state index is 11.8. The highest BCUT2D eigenvalue weighted by Gasteiger charge is 2.11. The summed E-state index contributed by atoms with van der Waals surface area (Å²) < 4.78 is 11.1. The first-order valence-corrected chi connectivity index (χ1v) is 9.32. The van der Waals surface area contributed by atoms with Gasteiger partial charge in [-0.2, -0.15) is 5.10 Å². The number of carbonyl (C=O) groups excluding carboxylic acids is 1. The number of aryl methyl sites for hydroxylation is 1. The molecule has 3 rings (SSSR count). The molecule has 0 atom stereocenters. The summed E-state index contributed by atoms with van der Waals surface area (Å²) in [4.78, 5) is 11.8. The molecule has 0 fully saturated rings. The van der Waals surface area contributed by atoms with Crippen LogP contribution in [0.3, 0.4) is 0 Å². The number of hydrazone groups is 1. The van der Waals surface area contributed by atoms with Crippen molar-refractivity contribution in [2.75, 3.05) is 6.61 Å². The molecule has 0 radical (unpaired) electrons. The summed E-state index contributed by atoms with van der Waals surface area (Å²) in [6.45, 7) is 1.79. The minimum atomic E-state index is -0.392. The fourth-order valence-corrected chi connectivity index (χ4v) is 2.97. The predicted octanol–water partition coefficient (Wildman–Crippen LogP) is 5.74. The van der Waals surface area contributed by atoms with Gasteiger partial charge in [0.05, 0.1) is 21.3 Å². The van der Waals surface area contributed by atoms with Crippen LogP contribution in [0.1, 0.15) is 11.3 Å². The number of carbonyl (C=O) groups is 1. The molecule has 0 spiro atoms. The Morgan fingerprint density at radius 1 is 1.11 bits per heavy atom. The van der Waals surface area contributed by atoms with Crippen LogP contribution in [0.4, 0.5) is 0 Å². The van der Waals surface area contributed by atoms with Crippen molar-refractivity contribution in [2.24, 2.45) is 5.10 Å². The first-order valence-electron chi connectivity index (χ1n) is 8.18. The molecule has 1 aromatic heterocycles. The lowest BCUT2D eigenvalue weighted by atomic mass is 10.2. The quantitative estimate of drug-likeness (QED) is 0.304. The fraction of sp³-hybridized carbons (Fsp3) is 0.100. The van der Waals surface area contributed by atoms with Crippen LogP contribution in [0.2, 0.25) is 15.1 Å². The van der Waals surface area contributed by atoms with Crippen LogP contribution in [0.15, 0.2) is 58.0 Å². The van der Waals surface area contributed by atoms with Gasteiger partial charge in [-0.1, -0.05) is 46.9 Å². The molecule has 5 nitrogen and oxygen atoms in total. The van der Waals surface area contributed by atoms with Gasteiger partial charge >= 0.3 is 0 Å². The lowest BCUT2D eigenvalue weighted by Crippen LogP contribution is -2.24. The number of halogens is 3. The van der Waals surface area contributed by atoms with Gasteiger partial charge in [0.25, 0.3) is 5.91 Å². The van der Waals surface area contributed by atoms with Gasteiger partial charge in [-0.15, -0.1) is 0 Å². The van der Waals surface area contributed by atoms with E-state index < -0.39 is 5.91 Å². The molecule has 1 N–H and O–H groups in total. The van der Waals surface area contributed by atoms with Crippen LogP contribution in [0.25, 0.3) is 11.3 Å². The molecule has 1 amide bonds. The predicted molar refractivity (Wildman–Crippen MR) is 112 cm³/mol. The molecule has 28 heavy (non-hydrogen) atoms. The third kappa shape index (κ3) is 5.29. The Labute approximate surface area is 176 Å². The topological polar surface area (TPSA) is 63.8 Å². The second-order valence-electron chi connectivity index (χ2n) is 5.85. The van der Waals surface area contributed by atoms with Gasteiger partial charge in [-0.05, 0) is 48.9 Å². The van der Waals surface area contributed by atoms with Gasteiger partial charge < -0.3 is 9.15 Å². The number of nitrogens with zero attached hydrogens (tertiary/aromatic N) is 1. The van der Waals surface area contributed by atoms with Crippen molar-refractivity contribution < 1.29 is 13.9 Å². The molecule has 0 saturated carbocycles. The smallest absolute Gasteiger partial charge is 0.277 e. The minimum Gasteiger partial charge on any atom is -0.484 e. The summed E-state index contributed by atoms with van der Waals surface area (Å²) in [5, 5.41) is 4.99. The van der Waals surface area contributed by atoms with Crippen LogP contribution >= 0.6 is 34.8 Å². The lowest BCUT2D eigenvalue weighted by Gasteiger charge is -2.05. The van der Waals surface area contributed by atoms with E-state index in [0.717, 1.165) is 5.56 Å². The number of hydrogen-bond donors (Lipinski definition) is 1. The number of ether oxygens (including phenoxy) is 1. The van der Waals surface area contributed by atoms with Gasteiger partial charge in [0, 0.05) is 5.56 Å². The molecular weight excluding hydrogens is 423 g/mol. The fourth-order valence-electron chi connectivity index (χ4n) is 2.33. The number of hydrogen-bond acceptors (Lipinski definition) is 4. The number of rotatable bonds is 6. The van der Waals surface area contributed by atoms with Crippen molar-refractivity contribution in [1.29, 1.82) is 0 Å². The Kier molecular flexibility index (Phi) is 6.62. The van der Waals surface area contributed by atoms with E-state index in [-0.39, 0.29) is 6.61 Å². The van der Waals surface area contributed by atoms with Crippen molar-refractivity contribution in [3.8, 4) is 17.1 Å². The van der Waals surface area contributed by atoms with Gasteiger partial charge in [-0.25, -0.2) is 5.43 Å². The maximum atomic E-state index is 11.8. The Balaban J connectivity index is 1.57. The Morgan fingerprint density at radius 3 is 2.68 bits per heavy atom. The minimum absolute atomic E-state index is 0.150. The summed E-state index contributed by atoms with van der Waals surface area (Å²) in [5.41, 5.74) is 4.02. The van der Waals surface area contributed by atoms with E-state index in [2.05, 4.69) is 10.5 Å².